The van der Waals surface area contributed by atoms with Gasteiger partial charge in [-0.3, -0.25) is 9.48 Å². The van der Waals surface area contributed by atoms with Gasteiger partial charge in [0.05, 0.1) is 19.6 Å². The van der Waals surface area contributed by atoms with Gasteiger partial charge in [-0.05, 0) is 13.0 Å². The predicted octanol–water partition coefficient (Wildman–Crippen LogP) is -1.24. The molecule has 0 bridgehead atoms. The zero-order valence-electron chi connectivity index (χ0n) is 10.3. The molecule has 6 nitrogen and oxygen atoms in total. The summed E-state index contributed by atoms with van der Waals surface area (Å²) in [6, 6.07) is 0. The van der Waals surface area contributed by atoms with Gasteiger partial charge in [0, 0.05) is 13.0 Å². The average molecular weight is 242 g/mol. The number of carbonyl (C=O) groups excluding carboxylic acids is 1. The van der Waals surface area contributed by atoms with Crippen LogP contribution in [0.1, 0.15) is 13.8 Å². The molecule has 1 rings (SSSR count). The summed E-state index contributed by atoms with van der Waals surface area (Å²) >= 11 is 0. The third-order valence-electron chi connectivity index (χ3n) is 2.46. The van der Waals surface area contributed by atoms with Gasteiger partial charge in [-0.15, -0.1) is 0 Å². The highest BCUT2D eigenvalue weighted by atomic mass is 16.4. The summed E-state index contributed by atoms with van der Waals surface area (Å²) in [6.45, 7) is 7.92. The van der Waals surface area contributed by atoms with E-state index in [9.17, 15) is 14.7 Å². The maximum atomic E-state index is 9.53. The third-order valence-corrected chi connectivity index (χ3v) is 2.46. The number of carbonyl (C=O) groups is 2. The molecule has 0 aromatic carbocycles. The van der Waals surface area contributed by atoms with Crippen molar-refractivity contribution in [3.05, 3.63) is 12.2 Å². The average Bonchev–Trinajstić information content (AvgIpc) is 2.57. The second kappa shape index (κ2) is 7.43. The molecule has 0 spiro atoms. The Bertz CT molecular complexity index is 331. The summed E-state index contributed by atoms with van der Waals surface area (Å²) in [6.07, 6.45) is 0.942. The fraction of sp³-hybridized carbons (Fsp3) is 0.545. The van der Waals surface area contributed by atoms with E-state index < -0.39 is 11.9 Å². The van der Waals surface area contributed by atoms with Crippen LogP contribution in [0.3, 0.4) is 0 Å². The molecule has 0 amide bonds. The van der Waals surface area contributed by atoms with Crippen molar-refractivity contribution in [2.45, 2.75) is 13.8 Å². The summed E-state index contributed by atoms with van der Waals surface area (Å²) in [7, 11) is 2.14. The molecule has 0 atom stereocenters. The van der Waals surface area contributed by atoms with Crippen molar-refractivity contribution in [1.29, 1.82) is 0 Å². The minimum Gasteiger partial charge on any atom is -0.545 e. The molecule has 1 aliphatic heterocycles. The number of amidine groups is 1. The van der Waals surface area contributed by atoms with Crippen molar-refractivity contribution in [2.75, 3.05) is 26.7 Å². The lowest BCUT2D eigenvalue weighted by Crippen LogP contribution is -2.25. The molecule has 0 aliphatic carbocycles. The first-order valence-electron chi connectivity index (χ1n) is 5.30. The Morgan fingerprint density at radius 2 is 2.12 bits per heavy atom. The minimum absolute atomic E-state index is 0.447. The van der Waals surface area contributed by atoms with Gasteiger partial charge in [-0.1, -0.05) is 0 Å². The molecule has 96 valence electrons. The van der Waals surface area contributed by atoms with Gasteiger partial charge in [0.25, 0.3) is 0 Å². The number of carboxylic acids is 2. The molecule has 1 N–H and O–H groups in total. The molecule has 0 aromatic heterocycles. The first-order valence-corrected chi connectivity index (χ1v) is 5.30. The van der Waals surface area contributed by atoms with Crippen LogP contribution in [0.25, 0.3) is 0 Å². The van der Waals surface area contributed by atoms with Crippen LogP contribution in [0.5, 0.6) is 0 Å². The van der Waals surface area contributed by atoms with Gasteiger partial charge in [0.15, 0.2) is 0 Å². The lowest BCUT2D eigenvalue weighted by Gasteiger charge is -2.04. The molecule has 0 aromatic rings. The number of hydrogen-bond acceptors (Lipinski definition) is 4. The lowest BCUT2D eigenvalue weighted by molar-refractivity contribution is -0.487. The van der Waals surface area contributed by atoms with Gasteiger partial charge in [0.2, 0.25) is 5.84 Å². The van der Waals surface area contributed by atoms with E-state index in [0.29, 0.717) is 12.2 Å². The fourth-order valence-corrected chi connectivity index (χ4v) is 1.36. The van der Waals surface area contributed by atoms with Gasteiger partial charge in [-0.25, -0.2) is 4.79 Å². The van der Waals surface area contributed by atoms with E-state index in [2.05, 4.69) is 30.4 Å². The largest absolute Gasteiger partial charge is 0.545 e. The first kappa shape index (κ1) is 15.2. The Hall–Kier alpha value is -1.85. The number of aliphatic carboxylic acids is 2. The normalized spacial score (nSPS) is 14.9. The van der Waals surface area contributed by atoms with E-state index in [1.807, 2.05) is 0 Å². The molecule has 17 heavy (non-hydrogen) atoms. The van der Waals surface area contributed by atoms with E-state index in [-0.39, 0.29) is 0 Å². The highest BCUT2D eigenvalue weighted by Gasteiger charge is 2.21. The topological polar surface area (TPSA) is 83.7 Å². The molecule has 0 fully saturated rings. The van der Waals surface area contributed by atoms with E-state index in [4.69, 9.17) is 5.11 Å². The van der Waals surface area contributed by atoms with Crippen molar-refractivity contribution < 1.29 is 24.4 Å². The Morgan fingerprint density at radius 1 is 1.53 bits per heavy atom. The second-order valence-electron chi connectivity index (χ2n) is 3.54. The van der Waals surface area contributed by atoms with Crippen LogP contribution < -0.4 is 5.11 Å². The smallest absolute Gasteiger partial charge is 0.328 e. The number of nitrogens with zero attached hydrogens (tertiary/aromatic N) is 2. The standard InChI is InChI=1S/C7H15N2.C4H4O4/c1-4-9-6-5-8(3)7(9)2;5-3(6)1-2-4(7)8/h4-6H2,1-3H3;1-2H,(H,5,6)(H,7,8)/q+1;/p-1. The van der Waals surface area contributed by atoms with Crippen molar-refractivity contribution in [2.24, 2.45) is 0 Å². The van der Waals surface area contributed by atoms with Crippen LogP contribution in [-0.4, -0.2) is 59.0 Å². The zero-order valence-corrected chi connectivity index (χ0v) is 10.3. The quantitative estimate of drug-likeness (QED) is 0.494. The molecule has 1 heterocycles. The third kappa shape index (κ3) is 6.34. The van der Waals surface area contributed by atoms with Crippen LogP contribution in [-0.2, 0) is 9.59 Å². The Morgan fingerprint density at radius 3 is 2.29 bits per heavy atom. The molecule has 1 aliphatic rings. The fourth-order valence-electron chi connectivity index (χ4n) is 1.36. The van der Waals surface area contributed by atoms with Gasteiger partial charge in [0.1, 0.15) is 13.1 Å². The number of hydrogen-bond donors (Lipinski definition) is 1. The summed E-state index contributed by atoms with van der Waals surface area (Å²) in [5.41, 5.74) is 0. The maximum Gasteiger partial charge on any atom is 0.328 e. The van der Waals surface area contributed by atoms with E-state index in [1.165, 1.54) is 18.9 Å². The summed E-state index contributed by atoms with van der Waals surface area (Å²) < 4.78 is 2.30. The number of likely N-dealkylation sites (N-methyl/N-ethyl adjacent to an activating group) is 2. The summed E-state index contributed by atoms with van der Waals surface area (Å²) in [5, 5.41) is 17.2. The van der Waals surface area contributed by atoms with Gasteiger partial charge in [-0.2, -0.15) is 0 Å². The van der Waals surface area contributed by atoms with Gasteiger partial charge < -0.3 is 15.0 Å². The van der Waals surface area contributed by atoms with Crippen molar-refractivity contribution >= 4 is 17.8 Å². The van der Waals surface area contributed by atoms with Gasteiger partial charge >= 0.3 is 5.97 Å². The van der Waals surface area contributed by atoms with Crippen molar-refractivity contribution in [3.8, 4) is 0 Å². The van der Waals surface area contributed by atoms with E-state index in [0.717, 1.165) is 6.54 Å². The molecule has 0 saturated heterocycles. The molecule has 6 heteroatoms. The molecular formula is C11H18N2O4. The molecule has 0 saturated carbocycles. The van der Waals surface area contributed by atoms with Crippen LogP contribution >= 0.6 is 0 Å². The van der Waals surface area contributed by atoms with Crippen molar-refractivity contribution in [1.82, 2.24) is 4.90 Å². The molecule has 0 radical (unpaired) electrons. The monoisotopic (exact) mass is 242 g/mol. The molecule has 0 unspecified atom stereocenters. The highest BCUT2D eigenvalue weighted by molar-refractivity contribution is 5.88. The number of rotatable bonds is 3. The molecular weight excluding hydrogens is 224 g/mol. The zero-order chi connectivity index (χ0) is 13.4. The van der Waals surface area contributed by atoms with E-state index >= 15 is 0 Å². The summed E-state index contributed by atoms with van der Waals surface area (Å²) in [5.74, 6) is -1.39. The second-order valence-corrected chi connectivity index (χ2v) is 3.54. The predicted molar refractivity (Wildman–Crippen MR) is 60.8 cm³/mol. The van der Waals surface area contributed by atoms with Crippen molar-refractivity contribution in [3.63, 3.8) is 0 Å². The summed E-state index contributed by atoms with van der Waals surface area (Å²) in [4.78, 5) is 21.4. The Balaban J connectivity index is 0.000000304. The van der Waals surface area contributed by atoms with E-state index in [1.54, 1.807) is 0 Å². The highest BCUT2D eigenvalue weighted by Crippen LogP contribution is 1.97. The Kier molecular flexibility index (Phi) is 6.62. The Labute approximate surface area is 100 Å². The number of carboxylic acid groups (broad SMARTS) is 2. The lowest BCUT2D eigenvalue weighted by atomic mass is 10.5. The SMILES string of the molecule is CCN1CC[N+](C)=C1C.O=C([O-])C=CC(=O)O. The minimum atomic E-state index is -1.51. The van der Waals surface area contributed by atoms with Crippen LogP contribution in [0.4, 0.5) is 0 Å². The first-order chi connectivity index (χ1) is 7.88. The van der Waals surface area contributed by atoms with Crippen LogP contribution in [0, 0.1) is 0 Å². The van der Waals surface area contributed by atoms with Crippen LogP contribution in [0.2, 0.25) is 0 Å². The van der Waals surface area contributed by atoms with Crippen LogP contribution in [0.15, 0.2) is 12.2 Å². The maximum absolute atomic E-state index is 9.53.